The quantitative estimate of drug-likeness (QED) is 0.247. The van der Waals surface area contributed by atoms with E-state index in [1.807, 2.05) is 6.92 Å². The molecule has 0 amide bonds. The van der Waals surface area contributed by atoms with Crippen LogP contribution in [0.5, 0.6) is 11.5 Å². The van der Waals surface area contributed by atoms with Crippen LogP contribution >= 0.6 is 0 Å². The maximum Gasteiger partial charge on any atom is 0.343 e. The zero-order valence-electron chi connectivity index (χ0n) is 17.1. The van der Waals surface area contributed by atoms with Crippen LogP contribution in [0, 0.1) is 0 Å². The lowest BCUT2D eigenvalue weighted by Gasteiger charge is -2.08. The number of carbonyl (C=O) groups excluding carboxylic acids is 2. The van der Waals surface area contributed by atoms with Gasteiger partial charge in [-0.1, -0.05) is 26.7 Å². The van der Waals surface area contributed by atoms with Gasteiger partial charge in [-0.3, -0.25) is 4.79 Å². The fourth-order valence-electron chi connectivity index (χ4n) is 2.67. The second-order valence-electron chi connectivity index (χ2n) is 6.81. The molecule has 29 heavy (non-hydrogen) atoms. The highest BCUT2D eigenvalue weighted by atomic mass is 16.5. The van der Waals surface area contributed by atoms with Crippen molar-refractivity contribution in [2.45, 2.75) is 46.0 Å². The van der Waals surface area contributed by atoms with E-state index in [0.717, 1.165) is 31.4 Å². The normalized spacial score (nSPS) is 11.2. The largest absolute Gasteiger partial charge is 0.494 e. The van der Waals surface area contributed by atoms with E-state index in [-0.39, 0.29) is 5.78 Å². The Balaban J connectivity index is 1.94. The third-order valence-corrected chi connectivity index (χ3v) is 4.30. The van der Waals surface area contributed by atoms with E-state index in [4.69, 9.17) is 15.2 Å². The van der Waals surface area contributed by atoms with Gasteiger partial charge in [-0.05, 0) is 66.9 Å². The minimum atomic E-state index is -0.450. The van der Waals surface area contributed by atoms with Gasteiger partial charge in [-0.25, -0.2) is 4.79 Å². The lowest BCUT2D eigenvalue weighted by atomic mass is 10.1. The van der Waals surface area contributed by atoms with Crippen LogP contribution in [0.2, 0.25) is 0 Å². The SMILES string of the molecule is CCCCCC(=O)C=C(N)c1ccc(OC(=O)c2ccc(OCCC)cc2)cc1. The number of hydrogen-bond donors (Lipinski definition) is 1. The standard InChI is InChI=1S/C24H29NO4/c1-3-5-6-7-20(26)17-23(25)18-8-14-22(15-9-18)29-24(27)19-10-12-21(13-11-19)28-16-4-2/h8-15,17H,3-7,16,25H2,1-2H3. The van der Waals surface area contributed by atoms with Crippen molar-refractivity contribution < 1.29 is 19.1 Å². The molecule has 0 heterocycles. The summed E-state index contributed by atoms with van der Waals surface area (Å²) in [6.07, 6.45) is 5.88. The third-order valence-electron chi connectivity index (χ3n) is 4.30. The maximum atomic E-state index is 12.3. The summed E-state index contributed by atoms with van der Waals surface area (Å²) in [7, 11) is 0. The number of ketones is 1. The number of esters is 1. The summed E-state index contributed by atoms with van der Waals surface area (Å²) >= 11 is 0. The summed E-state index contributed by atoms with van der Waals surface area (Å²) in [5, 5.41) is 0. The topological polar surface area (TPSA) is 78.6 Å². The first-order valence-corrected chi connectivity index (χ1v) is 10.1. The molecule has 5 nitrogen and oxygen atoms in total. The van der Waals surface area contributed by atoms with Crippen LogP contribution in [0.15, 0.2) is 54.6 Å². The van der Waals surface area contributed by atoms with Crippen LogP contribution in [0.4, 0.5) is 0 Å². The number of allylic oxidation sites excluding steroid dienone is 1. The van der Waals surface area contributed by atoms with Crippen LogP contribution in [-0.2, 0) is 4.79 Å². The highest BCUT2D eigenvalue weighted by Gasteiger charge is 2.09. The van der Waals surface area contributed by atoms with E-state index >= 15 is 0 Å². The molecule has 2 aromatic rings. The summed E-state index contributed by atoms with van der Waals surface area (Å²) in [5.41, 5.74) is 7.58. The van der Waals surface area contributed by atoms with E-state index < -0.39 is 5.97 Å². The van der Waals surface area contributed by atoms with Gasteiger partial charge >= 0.3 is 5.97 Å². The van der Waals surface area contributed by atoms with Crippen molar-refractivity contribution in [1.82, 2.24) is 0 Å². The summed E-state index contributed by atoms with van der Waals surface area (Å²) in [4.78, 5) is 24.2. The first-order valence-electron chi connectivity index (χ1n) is 10.1. The maximum absolute atomic E-state index is 12.3. The minimum Gasteiger partial charge on any atom is -0.494 e. The van der Waals surface area contributed by atoms with Gasteiger partial charge in [-0.2, -0.15) is 0 Å². The van der Waals surface area contributed by atoms with Gasteiger partial charge in [0.05, 0.1) is 12.2 Å². The molecule has 154 valence electrons. The van der Waals surface area contributed by atoms with Crippen LogP contribution in [0.1, 0.15) is 61.9 Å². The molecule has 5 heteroatoms. The molecule has 2 rings (SSSR count). The molecule has 2 aromatic carbocycles. The number of hydrogen-bond acceptors (Lipinski definition) is 5. The van der Waals surface area contributed by atoms with E-state index in [2.05, 4.69) is 6.92 Å². The van der Waals surface area contributed by atoms with Crippen molar-refractivity contribution in [3.63, 3.8) is 0 Å². The molecule has 0 aliphatic heterocycles. The molecule has 0 aliphatic rings. The lowest BCUT2D eigenvalue weighted by molar-refractivity contribution is -0.114. The Labute approximate surface area is 172 Å². The molecule has 2 N–H and O–H groups in total. The molecule has 0 unspecified atom stereocenters. The van der Waals surface area contributed by atoms with Crippen molar-refractivity contribution in [3.05, 3.63) is 65.7 Å². The first kappa shape index (κ1) is 22.2. The van der Waals surface area contributed by atoms with E-state index in [1.165, 1.54) is 6.08 Å². The molecule has 0 saturated heterocycles. The predicted octanol–water partition coefficient (Wildman–Crippen LogP) is 5.14. The van der Waals surface area contributed by atoms with Gasteiger partial charge in [0.1, 0.15) is 11.5 Å². The summed E-state index contributed by atoms with van der Waals surface area (Å²) in [6.45, 7) is 4.77. The van der Waals surface area contributed by atoms with Gasteiger partial charge in [0.25, 0.3) is 0 Å². The number of carbonyl (C=O) groups is 2. The van der Waals surface area contributed by atoms with Crippen molar-refractivity contribution in [3.8, 4) is 11.5 Å². The highest BCUT2D eigenvalue weighted by Crippen LogP contribution is 2.19. The summed E-state index contributed by atoms with van der Waals surface area (Å²) in [6, 6.07) is 13.6. The molecule has 0 fully saturated rings. The van der Waals surface area contributed by atoms with E-state index in [1.54, 1.807) is 48.5 Å². The molecule has 0 atom stereocenters. The van der Waals surface area contributed by atoms with Gasteiger partial charge in [0, 0.05) is 18.2 Å². The monoisotopic (exact) mass is 395 g/mol. The Morgan fingerprint density at radius 3 is 2.10 bits per heavy atom. The fourth-order valence-corrected chi connectivity index (χ4v) is 2.67. The second kappa shape index (κ2) is 11.7. The summed E-state index contributed by atoms with van der Waals surface area (Å²) in [5.74, 6) is 0.707. The number of rotatable bonds is 11. The van der Waals surface area contributed by atoms with Crippen molar-refractivity contribution in [2.24, 2.45) is 5.73 Å². The van der Waals surface area contributed by atoms with Crippen LogP contribution < -0.4 is 15.2 Å². The zero-order chi connectivity index (χ0) is 21.1. The first-order chi connectivity index (χ1) is 14.0. The van der Waals surface area contributed by atoms with Crippen LogP contribution in [0.3, 0.4) is 0 Å². The molecular weight excluding hydrogens is 366 g/mol. The zero-order valence-corrected chi connectivity index (χ0v) is 17.1. The molecule has 0 spiro atoms. The van der Waals surface area contributed by atoms with Crippen molar-refractivity contribution in [1.29, 1.82) is 0 Å². The lowest BCUT2D eigenvalue weighted by Crippen LogP contribution is -2.08. The van der Waals surface area contributed by atoms with E-state index in [9.17, 15) is 9.59 Å². The van der Waals surface area contributed by atoms with Crippen LogP contribution in [0.25, 0.3) is 5.70 Å². The minimum absolute atomic E-state index is 0.0258. The fraction of sp³-hybridized carbons (Fsp3) is 0.333. The molecule has 0 saturated carbocycles. The molecular formula is C24H29NO4. The Morgan fingerprint density at radius 2 is 1.48 bits per heavy atom. The average Bonchev–Trinajstić information content (AvgIpc) is 2.73. The number of benzene rings is 2. The molecule has 0 bridgehead atoms. The van der Waals surface area contributed by atoms with Gasteiger partial charge < -0.3 is 15.2 Å². The Kier molecular flexibility index (Phi) is 8.96. The van der Waals surface area contributed by atoms with Gasteiger partial charge in [-0.15, -0.1) is 0 Å². The Morgan fingerprint density at radius 1 is 0.862 bits per heavy atom. The molecule has 0 aliphatic carbocycles. The number of unbranched alkanes of at least 4 members (excludes halogenated alkanes) is 2. The van der Waals surface area contributed by atoms with Gasteiger partial charge in [0.15, 0.2) is 5.78 Å². The second-order valence-corrected chi connectivity index (χ2v) is 6.81. The third kappa shape index (κ3) is 7.45. The number of nitrogens with two attached hydrogens (primary N) is 1. The predicted molar refractivity (Wildman–Crippen MR) is 115 cm³/mol. The smallest absolute Gasteiger partial charge is 0.343 e. The van der Waals surface area contributed by atoms with Crippen molar-refractivity contribution in [2.75, 3.05) is 6.61 Å². The highest BCUT2D eigenvalue weighted by molar-refractivity contribution is 5.96. The van der Waals surface area contributed by atoms with Crippen molar-refractivity contribution >= 4 is 17.4 Å². The number of ether oxygens (including phenoxy) is 2. The summed E-state index contributed by atoms with van der Waals surface area (Å²) < 4.78 is 10.9. The average molecular weight is 395 g/mol. The Bertz CT molecular complexity index is 823. The van der Waals surface area contributed by atoms with Gasteiger partial charge in [0.2, 0.25) is 0 Å². The van der Waals surface area contributed by atoms with Crippen LogP contribution in [-0.4, -0.2) is 18.4 Å². The Hall–Kier alpha value is -3.08. The van der Waals surface area contributed by atoms with E-state index in [0.29, 0.717) is 35.6 Å². The molecule has 0 aromatic heterocycles. The molecule has 0 radical (unpaired) electrons.